The minimum absolute atomic E-state index is 0.0208. The van der Waals surface area contributed by atoms with Crippen LogP contribution in [-0.2, 0) is 15.8 Å². The second kappa shape index (κ2) is 12.2. The molecule has 3 heterocycles. The number of ketones is 1. The Morgan fingerprint density at radius 1 is 1.15 bits per heavy atom. The van der Waals surface area contributed by atoms with Crippen LogP contribution >= 0.6 is 0 Å². The van der Waals surface area contributed by atoms with E-state index in [9.17, 15) is 32.3 Å². The first kappa shape index (κ1) is 28.9. The van der Waals surface area contributed by atoms with Crippen molar-refractivity contribution in [1.29, 1.82) is 0 Å². The van der Waals surface area contributed by atoms with Crippen molar-refractivity contribution in [3.8, 4) is 11.3 Å². The quantitative estimate of drug-likeness (QED) is 0.368. The van der Waals surface area contributed by atoms with Gasteiger partial charge in [-0.15, -0.1) is 0 Å². The molecule has 3 aromatic heterocycles. The molecule has 39 heavy (non-hydrogen) atoms. The van der Waals surface area contributed by atoms with Crippen LogP contribution in [0.15, 0.2) is 36.9 Å². The molecule has 3 rings (SSSR count). The molecule has 0 saturated heterocycles. The number of rotatable bonds is 10. The smallest absolute Gasteiger partial charge is 0.331 e. The summed E-state index contributed by atoms with van der Waals surface area (Å²) >= 11 is 0. The third-order valence-electron chi connectivity index (χ3n) is 5.51. The minimum Gasteiger partial charge on any atom is -0.331 e. The van der Waals surface area contributed by atoms with E-state index in [1.54, 1.807) is 0 Å². The van der Waals surface area contributed by atoms with Crippen molar-refractivity contribution in [3.63, 3.8) is 0 Å². The highest BCUT2D eigenvalue weighted by Gasteiger charge is 2.34. The Balaban J connectivity index is 1.73. The highest BCUT2D eigenvalue weighted by molar-refractivity contribution is 5.98. The Morgan fingerprint density at radius 2 is 1.85 bits per heavy atom. The van der Waals surface area contributed by atoms with E-state index in [4.69, 9.17) is 0 Å². The second-order valence-electron chi connectivity index (χ2n) is 8.35. The van der Waals surface area contributed by atoms with E-state index >= 15 is 0 Å². The molecule has 3 aromatic rings. The molecule has 0 bridgehead atoms. The average molecular weight is 547 g/mol. The molecule has 0 radical (unpaired) electrons. The number of carbonyl (C=O) groups is 4. The Morgan fingerprint density at radius 3 is 2.46 bits per heavy atom. The lowest BCUT2D eigenvalue weighted by molar-refractivity contribution is -0.145. The highest BCUT2D eigenvalue weighted by Crippen LogP contribution is 2.27. The Kier molecular flexibility index (Phi) is 9.06. The topological polar surface area (TPSA) is 152 Å². The van der Waals surface area contributed by atoms with Gasteiger partial charge >= 0.3 is 12.2 Å². The molecule has 0 aliphatic heterocycles. The fraction of sp³-hybridized carbons (Fsp3) is 0.333. The fourth-order valence-electron chi connectivity index (χ4n) is 3.43. The second-order valence-corrected chi connectivity index (χ2v) is 8.35. The van der Waals surface area contributed by atoms with Crippen LogP contribution in [0.1, 0.15) is 49.0 Å². The summed E-state index contributed by atoms with van der Waals surface area (Å²) in [7, 11) is 1.37. The number of nitrogens with one attached hydrogen (secondary N) is 2. The maximum atomic E-state index is 12.9. The molecule has 206 valence electrons. The molecule has 15 heteroatoms. The van der Waals surface area contributed by atoms with E-state index in [2.05, 4.69) is 30.6 Å². The van der Waals surface area contributed by atoms with Gasteiger partial charge in [0.05, 0.1) is 18.6 Å². The van der Waals surface area contributed by atoms with Crippen molar-refractivity contribution >= 4 is 35.6 Å². The maximum Gasteiger partial charge on any atom is 0.451 e. The van der Waals surface area contributed by atoms with Gasteiger partial charge in [-0.25, -0.2) is 24.7 Å². The van der Waals surface area contributed by atoms with E-state index < -0.39 is 30.0 Å². The summed E-state index contributed by atoms with van der Waals surface area (Å²) in [5.74, 6) is -1.96. The lowest BCUT2D eigenvalue weighted by atomic mass is 10.2. The molecule has 0 fully saturated rings. The van der Waals surface area contributed by atoms with Gasteiger partial charge in [0.15, 0.2) is 17.9 Å². The van der Waals surface area contributed by atoms with Gasteiger partial charge in [0.1, 0.15) is 17.6 Å². The number of alkyl halides is 3. The minimum atomic E-state index is -4.68. The molecule has 0 saturated carbocycles. The predicted octanol–water partition coefficient (Wildman–Crippen LogP) is 3.28. The van der Waals surface area contributed by atoms with E-state index in [0.717, 1.165) is 17.3 Å². The number of Topliss-reactive ketones (excluding diaryl/α,β-unsaturated/α-hetero) is 1. The van der Waals surface area contributed by atoms with E-state index in [1.165, 1.54) is 43.1 Å². The third-order valence-corrected chi connectivity index (χ3v) is 5.51. The van der Waals surface area contributed by atoms with Crippen LogP contribution in [0, 0.1) is 0 Å². The van der Waals surface area contributed by atoms with Crippen LogP contribution in [0.25, 0.3) is 11.3 Å². The number of hydrogen-bond donors (Lipinski definition) is 2. The number of aromatic nitrogens is 5. The molecular weight excluding hydrogens is 521 g/mol. The average Bonchev–Trinajstić information content (AvgIpc) is 3.34. The zero-order valence-corrected chi connectivity index (χ0v) is 21.2. The van der Waals surface area contributed by atoms with E-state index in [-0.39, 0.29) is 40.9 Å². The molecular formula is C24H25F3N8O4. The van der Waals surface area contributed by atoms with Crippen LogP contribution in [0.4, 0.5) is 29.6 Å². The summed E-state index contributed by atoms with van der Waals surface area (Å²) < 4.78 is 39.4. The summed E-state index contributed by atoms with van der Waals surface area (Å²) in [6.45, 7) is 3.16. The van der Waals surface area contributed by atoms with Crippen molar-refractivity contribution in [2.75, 3.05) is 23.8 Å². The van der Waals surface area contributed by atoms with Gasteiger partial charge in [0.2, 0.25) is 11.7 Å². The highest BCUT2D eigenvalue weighted by atomic mass is 19.4. The number of halogens is 3. The number of hydrogen-bond acceptors (Lipinski definition) is 8. The van der Waals surface area contributed by atoms with Crippen molar-refractivity contribution in [2.24, 2.45) is 0 Å². The lowest BCUT2D eigenvalue weighted by Crippen LogP contribution is -2.40. The number of imidazole rings is 1. The first-order valence-corrected chi connectivity index (χ1v) is 11.7. The standard InChI is InChI=1S/C24H25F3N8O4/c1-4-6-16(37)11-30-23(39)34(3)20-18(12-36)35(13-31-20)14(2)21(38)33-19-8-5-7-17(32-19)15-9-28-22(29-10-15)24(25,26)27/h5,7-10,12-14H,4,6,11H2,1-3H3,(H,30,39)(H,32,33,38)/t14-/m0/s1. The molecule has 0 unspecified atom stereocenters. The first-order chi connectivity index (χ1) is 18.5. The molecule has 2 N–H and O–H groups in total. The molecule has 0 spiro atoms. The molecule has 3 amide bonds. The SMILES string of the molecule is CCCC(=O)CNC(=O)N(C)c1ncn([C@@H](C)C(=O)Nc2cccc(-c3cnc(C(F)(F)F)nc3)n2)c1C=O. The summed E-state index contributed by atoms with van der Waals surface area (Å²) in [5.41, 5.74) is 0.365. The van der Waals surface area contributed by atoms with Crippen molar-refractivity contribution in [1.82, 2.24) is 29.8 Å². The van der Waals surface area contributed by atoms with Crippen LogP contribution in [-0.4, -0.2) is 62.1 Å². The number of carbonyl (C=O) groups excluding carboxylic acids is 4. The van der Waals surface area contributed by atoms with Crippen LogP contribution in [0.5, 0.6) is 0 Å². The summed E-state index contributed by atoms with van der Waals surface area (Å²) in [6, 6.07) is 2.88. The van der Waals surface area contributed by atoms with E-state index in [1.807, 2.05) is 6.92 Å². The number of aldehydes is 1. The number of amides is 3. The van der Waals surface area contributed by atoms with Crippen LogP contribution in [0.2, 0.25) is 0 Å². The zero-order valence-electron chi connectivity index (χ0n) is 21.2. The van der Waals surface area contributed by atoms with Crippen molar-refractivity contribution < 1.29 is 32.3 Å². The zero-order chi connectivity index (χ0) is 28.7. The van der Waals surface area contributed by atoms with Gasteiger partial charge in [-0.3, -0.25) is 19.3 Å². The molecule has 0 aliphatic carbocycles. The van der Waals surface area contributed by atoms with Gasteiger partial charge in [-0.2, -0.15) is 13.2 Å². The fourth-order valence-corrected chi connectivity index (χ4v) is 3.43. The maximum absolute atomic E-state index is 12.9. The number of pyridine rings is 1. The van der Waals surface area contributed by atoms with Gasteiger partial charge in [0.25, 0.3) is 0 Å². The Labute approximate surface area is 220 Å². The largest absolute Gasteiger partial charge is 0.451 e. The van der Waals surface area contributed by atoms with Crippen LogP contribution in [0.3, 0.4) is 0 Å². The molecule has 12 nitrogen and oxygen atoms in total. The first-order valence-electron chi connectivity index (χ1n) is 11.7. The molecule has 0 aliphatic rings. The monoisotopic (exact) mass is 546 g/mol. The summed E-state index contributed by atoms with van der Waals surface area (Å²) in [4.78, 5) is 64.9. The van der Waals surface area contributed by atoms with Gasteiger partial charge in [-0.05, 0) is 25.5 Å². The lowest BCUT2D eigenvalue weighted by Gasteiger charge is -2.18. The van der Waals surface area contributed by atoms with Gasteiger partial charge < -0.3 is 15.2 Å². The third kappa shape index (κ3) is 7.00. The van der Waals surface area contributed by atoms with Gasteiger partial charge in [-0.1, -0.05) is 13.0 Å². The van der Waals surface area contributed by atoms with Gasteiger partial charge in [0, 0.05) is 31.4 Å². The normalized spacial score (nSPS) is 11.9. The van der Waals surface area contributed by atoms with Crippen molar-refractivity contribution in [2.45, 2.75) is 38.9 Å². The number of urea groups is 1. The summed E-state index contributed by atoms with van der Waals surface area (Å²) in [6.07, 6.45) is -0.101. The Hall–Kier alpha value is -4.69. The number of nitrogens with zero attached hydrogens (tertiary/aromatic N) is 6. The molecule has 0 aromatic carbocycles. The number of anilines is 2. The van der Waals surface area contributed by atoms with Crippen molar-refractivity contribution in [3.05, 3.63) is 48.4 Å². The Bertz CT molecular complexity index is 1360. The van der Waals surface area contributed by atoms with E-state index in [0.29, 0.717) is 19.1 Å². The predicted molar refractivity (Wildman–Crippen MR) is 133 cm³/mol. The van der Waals surface area contributed by atoms with Crippen LogP contribution < -0.4 is 15.5 Å². The summed E-state index contributed by atoms with van der Waals surface area (Å²) in [5, 5.41) is 5.04. The molecule has 1 atom stereocenters.